The maximum absolute atomic E-state index is 12.4. The van der Waals surface area contributed by atoms with Crippen LogP contribution in [-0.2, 0) is 0 Å². The Morgan fingerprint density at radius 1 is 1.56 bits per heavy atom. The van der Waals surface area contributed by atoms with Crippen LogP contribution in [0.4, 0.5) is 4.39 Å². The molecule has 0 aliphatic carbocycles. The van der Waals surface area contributed by atoms with Crippen LogP contribution >= 0.6 is 0 Å². The summed E-state index contributed by atoms with van der Waals surface area (Å²) in [5.41, 5.74) is 0.625. The molecule has 16 heavy (non-hydrogen) atoms. The summed E-state index contributed by atoms with van der Waals surface area (Å²) in [6.07, 6.45) is 8.00. The normalized spacial score (nSPS) is 21.1. The van der Waals surface area contributed by atoms with Gasteiger partial charge >= 0.3 is 0 Å². The molecule has 0 aromatic heterocycles. The molecule has 0 saturated carbocycles. The zero-order chi connectivity index (χ0) is 11.6. The van der Waals surface area contributed by atoms with Gasteiger partial charge in [0.1, 0.15) is 6.67 Å². The summed E-state index contributed by atoms with van der Waals surface area (Å²) >= 11 is 0. The molecule has 0 radical (unpaired) electrons. The summed E-state index contributed by atoms with van der Waals surface area (Å²) in [5.74, 6) is 0.600. The second kappa shape index (κ2) is 7.79. The summed E-state index contributed by atoms with van der Waals surface area (Å²) in [7, 11) is 0. The number of halogens is 1. The molecular formula is C12H18FN3. The Bertz CT molecular complexity index is 305. The van der Waals surface area contributed by atoms with E-state index in [1.165, 1.54) is 0 Å². The minimum atomic E-state index is -0.465. The number of hydrogen-bond acceptors (Lipinski definition) is 3. The van der Waals surface area contributed by atoms with Crippen LogP contribution in [0.25, 0.3) is 0 Å². The van der Waals surface area contributed by atoms with Crippen molar-refractivity contribution >= 4 is 12.2 Å². The van der Waals surface area contributed by atoms with Gasteiger partial charge in [-0.05, 0) is 24.8 Å². The number of allylic oxidation sites excluding steroid dienone is 2. The van der Waals surface area contributed by atoms with Crippen molar-refractivity contribution in [2.45, 2.75) is 19.3 Å². The summed E-state index contributed by atoms with van der Waals surface area (Å²) in [4.78, 5) is 8.38. The van der Waals surface area contributed by atoms with Crippen LogP contribution in [0.2, 0.25) is 0 Å². The molecule has 0 fully saturated rings. The van der Waals surface area contributed by atoms with Crippen LogP contribution in [0.1, 0.15) is 19.3 Å². The van der Waals surface area contributed by atoms with E-state index < -0.39 is 6.67 Å². The minimum absolute atomic E-state index is 0.465. The van der Waals surface area contributed by atoms with Gasteiger partial charge in [0.05, 0.1) is 0 Å². The second-order valence-corrected chi connectivity index (χ2v) is 3.52. The van der Waals surface area contributed by atoms with Crippen molar-refractivity contribution < 1.29 is 4.39 Å². The fourth-order valence-corrected chi connectivity index (χ4v) is 1.30. The third-order valence-electron chi connectivity index (χ3n) is 2.17. The van der Waals surface area contributed by atoms with E-state index in [1.54, 1.807) is 6.21 Å². The third-order valence-corrected chi connectivity index (χ3v) is 2.17. The molecule has 1 aliphatic heterocycles. The Labute approximate surface area is 95.9 Å². The zero-order valence-electron chi connectivity index (χ0n) is 9.45. The van der Waals surface area contributed by atoms with E-state index in [1.807, 2.05) is 12.2 Å². The van der Waals surface area contributed by atoms with Crippen molar-refractivity contribution in [3.8, 4) is 0 Å². The third kappa shape index (κ3) is 4.87. The number of alkyl halides is 1. The summed E-state index contributed by atoms with van der Waals surface area (Å²) in [6.45, 7) is 4.67. The van der Waals surface area contributed by atoms with Crippen molar-refractivity contribution in [3.63, 3.8) is 0 Å². The minimum Gasteiger partial charge on any atom is -0.355 e. The van der Waals surface area contributed by atoms with Crippen LogP contribution in [-0.4, -0.2) is 31.9 Å². The molecule has 88 valence electrons. The Kier molecular flexibility index (Phi) is 6.15. The van der Waals surface area contributed by atoms with E-state index in [2.05, 4.69) is 21.9 Å². The number of unbranched alkanes of at least 4 members (excludes halogenated alkanes) is 1. The van der Waals surface area contributed by atoms with Gasteiger partial charge in [-0.15, -0.1) is 6.58 Å². The predicted octanol–water partition coefficient (Wildman–Crippen LogP) is 2.27. The van der Waals surface area contributed by atoms with Crippen molar-refractivity contribution in [2.75, 3.05) is 19.8 Å². The lowest BCUT2D eigenvalue weighted by molar-refractivity contribution is 0.552. The van der Waals surface area contributed by atoms with Crippen LogP contribution in [0.5, 0.6) is 0 Å². The Hall–Kier alpha value is -1.45. The first-order valence-corrected chi connectivity index (χ1v) is 5.55. The highest BCUT2D eigenvalue weighted by Gasteiger charge is 1.99. The van der Waals surface area contributed by atoms with Gasteiger partial charge in [-0.1, -0.05) is 12.2 Å². The van der Waals surface area contributed by atoms with Crippen molar-refractivity contribution in [1.29, 1.82) is 0 Å². The van der Waals surface area contributed by atoms with Gasteiger partial charge < -0.3 is 5.32 Å². The lowest BCUT2D eigenvalue weighted by Crippen LogP contribution is -2.23. The molecule has 1 heterocycles. The van der Waals surface area contributed by atoms with Crippen LogP contribution in [0.3, 0.4) is 0 Å². The number of nitrogens with one attached hydrogen (secondary N) is 1. The lowest BCUT2D eigenvalue weighted by Gasteiger charge is -2.06. The molecule has 0 spiro atoms. The maximum Gasteiger partial charge on any atom is 0.217 e. The Morgan fingerprint density at radius 3 is 3.19 bits per heavy atom. The van der Waals surface area contributed by atoms with Crippen molar-refractivity contribution in [2.24, 2.45) is 9.98 Å². The highest BCUT2D eigenvalue weighted by molar-refractivity contribution is 5.93. The monoisotopic (exact) mass is 223 g/mol. The molecular weight excluding hydrogens is 205 g/mol. The highest BCUT2D eigenvalue weighted by atomic mass is 19.1. The van der Waals surface area contributed by atoms with Crippen LogP contribution < -0.4 is 5.32 Å². The fourth-order valence-electron chi connectivity index (χ4n) is 1.30. The van der Waals surface area contributed by atoms with Gasteiger partial charge in [0, 0.05) is 19.3 Å². The fraction of sp³-hybridized carbons (Fsp3) is 0.500. The quantitative estimate of drug-likeness (QED) is 0.563. The average molecular weight is 223 g/mol. The number of rotatable bonds is 5. The maximum atomic E-state index is 12.4. The zero-order valence-corrected chi connectivity index (χ0v) is 9.45. The predicted molar refractivity (Wildman–Crippen MR) is 66.9 cm³/mol. The molecule has 4 heteroatoms. The SMILES string of the molecule is C=CCCCNC1=N/CCC=C(CF)/C=N\1. The van der Waals surface area contributed by atoms with E-state index in [4.69, 9.17) is 0 Å². The number of hydrogen-bond donors (Lipinski definition) is 1. The molecule has 0 saturated heterocycles. The first kappa shape index (κ1) is 12.6. The summed E-state index contributed by atoms with van der Waals surface area (Å²) in [6, 6.07) is 0. The van der Waals surface area contributed by atoms with Crippen LogP contribution in [0.15, 0.2) is 34.3 Å². The topological polar surface area (TPSA) is 36.8 Å². The highest BCUT2D eigenvalue weighted by Crippen LogP contribution is 1.99. The smallest absolute Gasteiger partial charge is 0.217 e. The van der Waals surface area contributed by atoms with E-state index in [0.29, 0.717) is 18.1 Å². The van der Waals surface area contributed by atoms with E-state index in [-0.39, 0.29) is 0 Å². The van der Waals surface area contributed by atoms with Gasteiger partial charge in [0.25, 0.3) is 0 Å². The van der Waals surface area contributed by atoms with Crippen molar-refractivity contribution in [1.82, 2.24) is 5.32 Å². The molecule has 0 unspecified atom stereocenters. The molecule has 0 aromatic rings. The molecule has 1 rings (SSSR count). The number of aliphatic imine (C=N–C) groups is 2. The average Bonchev–Trinajstić information content (AvgIpc) is 2.27. The summed E-state index contributed by atoms with van der Waals surface area (Å²) in [5, 5.41) is 3.12. The second-order valence-electron chi connectivity index (χ2n) is 3.52. The van der Waals surface area contributed by atoms with E-state index in [0.717, 1.165) is 25.8 Å². The van der Waals surface area contributed by atoms with Crippen molar-refractivity contribution in [3.05, 3.63) is 24.3 Å². The van der Waals surface area contributed by atoms with Gasteiger partial charge in [0.2, 0.25) is 5.96 Å². The van der Waals surface area contributed by atoms with E-state index in [9.17, 15) is 4.39 Å². The molecule has 0 aromatic carbocycles. The van der Waals surface area contributed by atoms with Gasteiger partial charge in [-0.3, -0.25) is 4.99 Å². The first-order chi connectivity index (χ1) is 7.86. The number of guanidine groups is 1. The van der Waals surface area contributed by atoms with Gasteiger partial charge in [-0.25, -0.2) is 9.38 Å². The molecule has 1 N–H and O–H groups in total. The first-order valence-electron chi connectivity index (χ1n) is 5.55. The Balaban J connectivity index is 2.41. The van der Waals surface area contributed by atoms with Gasteiger partial charge in [0.15, 0.2) is 0 Å². The molecule has 0 bridgehead atoms. The molecule has 1 aliphatic rings. The standard InChI is InChI=1S/C12H18FN3/c1-2-3-4-7-14-12-15-8-5-6-11(9-13)10-16-12/h2,6,10H,1,3-5,7-9H2,(H,14,15)/b11-6?,16-10-. The van der Waals surface area contributed by atoms with Crippen LogP contribution in [0, 0.1) is 0 Å². The molecule has 0 atom stereocenters. The van der Waals surface area contributed by atoms with E-state index >= 15 is 0 Å². The van der Waals surface area contributed by atoms with Gasteiger partial charge in [-0.2, -0.15) is 0 Å². The Morgan fingerprint density at radius 2 is 2.44 bits per heavy atom. The largest absolute Gasteiger partial charge is 0.355 e. The molecule has 0 amide bonds. The number of nitrogens with zero attached hydrogens (tertiary/aromatic N) is 2. The molecule has 3 nitrogen and oxygen atoms in total. The summed E-state index contributed by atoms with van der Waals surface area (Å²) < 4.78 is 12.4. The lowest BCUT2D eigenvalue weighted by atomic mass is 10.2.